The highest BCUT2D eigenvalue weighted by atomic mass is 35.5. The van der Waals surface area contributed by atoms with E-state index in [0.29, 0.717) is 38.2 Å². The van der Waals surface area contributed by atoms with Crippen molar-refractivity contribution in [3.8, 4) is 28.6 Å². The van der Waals surface area contributed by atoms with Crippen molar-refractivity contribution in [2.75, 3.05) is 14.2 Å². The third kappa shape index (κ3) is 4.47. The van der Waals surface area contributed by atoms with E-state index in [0.717, 1.165) is 0 Å². The summed E-state index contributed by atoms with van der Waals surface area (Å²) in [5.74, 6) is 0.812. The normalized spacial score (nSPS) is 10.9. The Kier molecular flexibility index (Phi) is 6.30. The predicted molar refractivity (Wildman–Crippen MR) is 112 cm³/mol. The minimum atomic E-state index is -0.489. The molecule has 0 radical (unpaired) electrons. The molecule has 3 rings (SSSR count). The summed E-state index contributed by atoms with van der Waals surface area (Å²) in [5.41, 5.74) is 1.31. The number of benzene rings is 2. The monoisotopic (exact) mass is 432 g/mol. The van der Waals surface area contributed by atoms with Gasteiger partial charge in [-0.1, -0.05) is 23.7 Å². The Hall–Kier alpha value is -3.17. The first-order chi connectivity index (χ1) is 13.9. The summed E-state index contributed by atoms with van der Waals surface area (Å²) in [6.07, 6.45) is 1.55. The van der Waals surface area contributed by atoms with E-state index in [1.165, 1.54) is 25.8 Å². The van der Waals surface area contributed by atoms with Gasteiger partial charge in [0.2, 0.25) is 10.5 Å². The van der Waals surface area contributed by atoms with E-state index in [1.54, 1.807) is 24.4 Å². The third-order valence-corrected chi connectivity index (χ3v) is 4.41. The maximum atomic E-state index is 11.4. The molecule has 0 aliphatic carbocycles. The highest BCUT2D eigenvalue weighted by Gasteiger charge is 2.16. The van der Waals surface area contributed by atoms with Crippen molar-refractivity contribution in [2.24, 2.45) is 5.10 Å². The van der Waals surface area contributed by atoms with Crippen LogP contribution in [0.15, 0.2) is 41.5 Å². The molecule has 150 valence electrons. The number of hydrogen-bond donors (Lipinski definition) is 1. The van der Waals surface area contributed by atoms with Crippen molar-refractivity contribution >= 4 is 36.0 Å². The molecule has 0 saturated carbocycles. The Morgan fingerprint density at radius 3 is 2.48 bits per heavy atom. The molecule has 0 amide bonds. The van der Waals surface area contributed by atoms with Gasteiger partial charge in [-0.2, -0.15) is 14.9 Å². The number of halogens is 1. The number of hydrogen-bond acceptors (Lipinski definition) is 7. The number of aromatic nitrogens is 3. The van der Waals surface area contributed by atoms with Crippen molar-refractivity contribution in [1.82, 2.24) is 14.9 Å². The lowest BCUT2D eigenvalue weighted by Gasteiger charge is -2.13. The van der Waals surface area contributed by atoms with E-state index in [4.69, 9.17) is 38.0 Å². The van der Waals surface area contributed by atoms with Gasteiger partial charge in [-0.3, -0.25) is 4.79 Å². The topological polar surface area (TPSA) is 90.7 Å². The largest absolute Gasteiger partial charge is 0.493 e. The molecule has 1 aromatic heterocycles. The van der Waals surface area contributed by atoms with E-state index in [9.17, 15) is 4.79 Å². The number of esters is 1. The molecule has 0 atom stereocenters. The number of carbonyl (C=O) groups is 1. The summed E-state index contributed by atoms with van der Waals surface area (Å²) >= 11 is 11.5. The van der Waals surface area contributed by atoms with Gasteiger partial charge in [0.15, 0.2) is 17.3 Å². The lowest BCUT2D eigenvalue weighted by Crippen LogP contribution is -2.05. The number of ether oxygens (including phenoxy) is 3. The fourth-order valence-electron chi connectivity index (χ4n) is 2.56. The van der Waals surface area contributed by atoms with Crippen LogP contribution in [-0.4, -0.2) is 41.3 Å². The average Bonchev–Trinajstić information content (AvgIpc) is 3.07. The third-order valence-electron chi connectivity index (χ3n) is 3.82. The zero-order valence-corrected chi connectivity index (χ0v) is 17.4. The second-order valence-corrected chi connectivity index (χ2v) is 6.53. The van der Waals surface area contributed by atoms with E-state index >= 15 is 0 Å². The summed E-state index contributed by atoms with van der Waals surface area (Å²) in [5, 5.41) is 11.9. The summed E-state index contributed by atoms with van der Waals surface area (Å²) in [6.45, 7) is 1.30. The highest BCUT2D eigenvalue weighted by molar-refractivity contribution is 7.71. The zero-order valence-electron chi connectivity index (χ0n) is 15.8. The van der Waals surface area contributed by atoms with Gasteiger partial charge in [0, 0.05) is 18.1 Å². The molecule has 0 spiro atoms. The lowest BCUT2D eigenvalue weighted by molar-refractivity contribution is -0.132. The summed E-state index contributed by atoms with van der Waals surface area (Å²) in [4.78, 5) is 11.4. The van der Waals surface area contributed by atoms with Crippen molar-refractivity contribution in [3.63, 3.8) is 0 Å². The second kappa shape index (κ2) is 8.89. The Balaban J connectivity index is 2.03. The number of aromatic amines is 1. The van der Waals surface area contributed by atoms with Gasteiger partial charge in [0.1, 0.15) is 0 Å². The van der Waals surface area contributed by atoms with E-state index < -0.39 is 5.97 Å². The maximum absolute atomic E-state index is 11.4. The Morgan fingerprint density at radius 2 is 1.90 bits per heavy atom. The van der Waals surface area contributed by atoms with Crippen LogP contribution in [0.1, 0.15) is 12.5 Å². The van der Waals surface area contributed by atoms with Crippen LogP contribution in [0.4, 0.5) is 0 Å². The second-order valence-electron chi connectivity index (χ2n) is 5.74. The highest BCUT2D eigenvalue weighted by Crippen LogP contribution is 2.38. The van der Waals surface area contributed by atoms with Gasteiger partial charge in [-0.05, 0) is 36.5 Å². The summed E-state index contributed by atoms with van der Waals surface area (Å²) in [7, 11) is 2.93. The molecule has 10 heteroatoms. The molecular weight excluding hydrogens is 416 g/mol. The number of rotatable bonds is 6. The van der Waals surface area contributed by atoms with Crippen molar-refractivity contribution < 1.29 is 19.0 Å². The number of methoxy groups -OCH3 is 2. The molecule has 0 unspecified atom stereocenters. The van der Waals surface area contributed by atoms with Gasteiger partial charge < -0.3 is 14.2 Å². The summed E-state index contributed by atoms with van der Waals surface area (Å²) < 4.78 is 17.6. The van der Waals surface area contributed by atoms with Crippen LogP contribution in [0.5, 0.6) is 17.2 Å². The van der Waals surface area contributed by atoms with Gasteiger partial charge in [0.05, 0.1) is 25.5 Å². The van der Waals surface area contributed by atoms with Gasteiger partial charge in [-0.25, -0.2) is 5.10 Å². The van der Waals surface area contributed by atoms with Crippen LogP contribution in [0.25, 0.3) is 11.4 Å². The SMILES string of the molecule is COc1cc(/C=N\n2c(-c3ccccc3Cl)n[nH]c2=S)cc(OC)c1OC(C)=O. The van der Waals surface area contributed by atoms with Gasteiger partial charge in [-0.15, -0.1) is 0 Å². The van der Waals surface area contributed by atoms with Crippen LogP contribution in [0.2, 0.25) is 5.02 Å². The number of nitrogens with one attached hydrogen (secondary N) is 1. The molecule has 0 fully saturated rings. The van der Waals surface area contributed by atoms with Crippen LogP contribution < -0.4 is 14.2 Å². The number of nitrogens with zero attached hydrogens (tertiary/aromatic N) is 3. The Bertz CT molecular complexity index is 1110. The zero-order chi connectivity index (χ0) is 21.0. The molecule has 1 N–H and O–H groups in total. The van der Waals surface area contributed by atoms with Crippen LogP contribution in [0, 0.1) is 4.77 Å². The van der Waals surface area contributed by atoms with E-state index in [1.807, 2.05) is 18.2 Å². The molecule has 8 nitrogen and oxygen atoms in total. The van der Waals surface area contributed by atoms with Gasteiger partial charge in [0.25, 0.3) is 0 Å². The lowest BCUT2D eigenvalue weighted by atomic mass is 10.2. The van der Waals surface area contributed by atoms with Crippen molar-refractivity contribution in [3.05, 3.63) is 51.8 Å². The van der Waals surface area contributed by atoms with Crippen LogP contribution in [-0.2, 0) is 4.79 Å². The molecule has 0 aliphatic rings. The Morgan fingerprint density at radius 1 is 1.24 bits per heavy atom. The quantitative estimate of drug-likeness (QED) is 0.273. The standard InChI is InChI=1S/C19H17ClN4O4S/c1-11(25)28-17-15(26-2)8-12(9-16(17)27-3)10-21-24-18(22-23-19(24)29)13-6-4-5-7-14(13)20/h4-10H,1-3H3,(H,23,29)/b21-10-. The molecule has 0 saturated heterocycles. The van der Waals surface area contributed by atoms with E-state index in [-0.39, 0.29) is 5.75 Å². The first-order valence-electron chi connectivity index (χ1n) is 8.35. The predicted octanol–water partition coefficient (Wildman–Crippen LogP) is 4.09. The molecule has 29 heavy (non-hydrogen) atoms. The molecule has 3 aromatic rings. The summed E-state index contributed by atoms with van der Waals surface area (Å²) in [6, 6.07) is 10.6. The van der Waals surface area contributed by atoms with Gasteiger partial charge >= 0.3 is 5.97 Å². The number of H-pyrrole nitrogens is 1. The first-order valence-corrected chi connectivity index (χ1v) is 9.14. The molecule has 1 heterocycles. The minimum absolute atomic E-state index is 0.191. The first kappa shape index (κ1) is 20.6. The fourth-order valence-corrected chi connectivity index (χ4v) is 2.96. The smallest absolute Gasteiger partial charge is 0.308 e. The molecule has 0 bridgehead atoms. The minimum Gasteiger partial charge on any atom is -0.493 e. The van der Waals surface area contributed by atoms with Crippen LogP contribution >= 0.6 is 23.8 Å². The van der Waals surface area contributed by atoms with Crippen molar-refractivity contribution in [1.29, 1.82) is 0 Å². The van der Waals surface area contributed by atoms with Crippen molar-refractivity contribution in [2.45, 2.75) is 6.92 Å². The number of carbonyl (C=O) groups excluding carboxylic acids is 1. The Labute approximate surface area is 176 Å². The molecular formula is C19H17ClN4O4S. The van der Waals surface area contributed by atoms with E-state index in [2.05, 4.69) is 15.3 Å². The van der Waals surface area contributed by atoms with Crippen LogP contribution in [0.3, 0.4) is 0 Å². The maximum Gasteiger partial charge on any atom is 0.308 e. The average molecular weight is 433 g/mol. The molecule has 0 aliphatic heterocycles. The fraction of sp³-hybridized carbons (Fsp3) is 0.158. The molecule has 2 aromatic carbocycles.